The van der Waals surface area contributed by atoms with E-state index in [0.29, 0.717) is 22.9 Å². The molecule has 0 amide bonds. The molecule has 1 heterocycles. The Morgan fingerprint density at radius 3 is 3.00 bits per heavy atom. The Kier molecular flexibility index (Phi) is 4.67. The third kappa shape index (κ3) is 3.26. The van der Waals surface area contributed by atoms with E-state index in [1.807, 2.05) is 0 Å². The summed E-state index contributed by atoms with van der Waals surface area (Å²) >= 11 is 1.13. The van der Waals surface area contributed by atoms with Crippen LogP contribution in [-0.2, 0) is 9.47 Å². The van der Waals surface area contributed by atoms with Gasteiger partial charge in [-0.3, -0.25) is 0 Å². The molecule has 0 aliphatic carbocycles. The molecular weight excluding hydrogens is 218 g/mol. The van der Waals surface area contributed by atoms with Crippen LogP contribution in [0.3, 0.4) is 0 Å². The molecule has 1 unspecified atom stereocenters. The lowest BCUT2D eigenvalue weighted by atomic mass is 10.3. The zero-order valence-corrected chi connectivity index (χ0v) is 9.41. The number of methoxy groups -OCH3 is 2. The number of carbonyl (C=O) groups is 1. The highest BCUT2D eigenvalue weighted by Crippen LogP contribution is 2.22. The maximum absolute atomic E-state index is 11.1. The van der Waals surface area contributed by atoms with Gasteiger partial charge < -0.3 is 14.6 Å². The molecule has 0 bridgehead atoms. The minimum absolute atomic E-state index is 0.393. The number of rotatable bonds is 5. The van der Waals surface area contributed by atoms with Gasteiger partial charge in [-0.25, -0.2) is 9.78 Å². The molecule has 0 aromatic carbocycles. The van der Waals surface area contributed by atoms with E-state index in [9.17, 15) is 9.90 Å². The molecular formula is C9H13NO4S. The minimum atomic E-state index is -0.687. The minimum Gasteiger partial charge on any atom is -0.465 e. The number of carbonyl (C=O) groups excluding carboxylic acids is 1. The second-order valence-corrected chi connectivity index (χ2v) is 3.91. The van der Waals surface area contributed by atoms with Crippen LogP contribution in [0.1, 0.15) is 27.2 Å². The molecule has 1 aromatic rings. The highest BCUT2D eigenvalue weighted by atomic mass is 32.1. The van der Waals surface area contributed by atoms with E-state index >= 15 is 0 Å². The summed E-state index contributed by atoms with van der Waals surface area (Å²) in [7, 11) is 2.87. The molecule has 1 aromatic heterocycles. The first-order valence-electron chi connectivity index (χ1n) is 4.40. The number of thiazole rings is 1. The number of aliphatic hydroxyl groups excluding tert-OH is 1. The summed E-state index contributed by atoms with van der Waals surface area (Å²) in [6, 6.07) is 0. The van der Waals surface area contributed by atoms with Gasteiger partial charge in [0, 0.05) is 20.1 Å². The molecule has 0 aliphatic heterocycles. The van der Waals surface area contributed by atoms with Crippen molar-refractivity contribution in [2.45, 2.75) is 12.5 Å². The molecule has 0 saturated carbocycles. The number of aromatic nitrogens is 1. The van der Waals surface area contributed by atoms with Crippen LogP contribution in [0, 0.1) is 0 Å². The first-order valence-corrected chi connectivity index (χ1v) is 5.21. The SMILES string of the molecule is COCCC(O)c1ncc(C(=O)OC)s1. The van der Waals surface area contributed by atoms with Crippen molar-refractivity contribution in [1.29, 1.82) is 0 Å². The van der Waals surface area contributed by atoms with Crippen molar-refractivity contribution < 1.29 is 19.4 Å². The molecule has 0 saturated heterocycles. The van der Waals surface area contributed by atoms with E-state index in [2.05, 4.69) is 9.72 Å². The summed E-state index contributed by atoms with van der Waals surface area (Å²) in [5.41, 5.74) is 0. The van der Waals surface area contributed by atoms with Crippen LogP contribution in [0.5, 0.6) is 0 Å². The summed E-state index contributed by atoms with van der Waals surface area (Å²) < 4.78 is 9.37. The monoisotopic (exact) mass is 231 g/mol. The molecule has 5 nitrogen and oxygen atoms in total. The number of esters is 1. The molecule has 1 atom stereocenters. The van der Waals surface area contributed by atoms with Crippen molar-refractivity contribution in [2.75, 3.05) is 20.8 Å². The van der Waals surface area contributed by atoms with E-state index in [1.54, 1.807) is 7.11 Å². The molecule has 6 heteroatoms. The van der Waals surface area contributed by atoms with Gasteiger partial charge in [-0.05, 0) is 0 Å². The van der Waals surface area contributed by atoms with E-state index in [1.165, 1.54) is 13.3 Å². The Balaban J connectivity index is 2.62. The average molecular weight is 231 g/mol. The quantitative estimate of drug-likeness (QED) is 0.766. The summed E-state index contributed by atoms with van der Waals surface area (Å²) in [5.74, 6) is -0.433. The predicted octanol–water partition coefficient (Wildman–Crippen LogP) is 1.000. The molecule has 0 aliphatic rings. The van der Waals surface area contributed by atoms with E-state index in [0.717, 1.165) is 11.3 Å². The summed E-state index contributed by atoms with van der Waals surface area (Å²) in [6.45, 7) is 0.453. The molecule has 84 valence electrons. The molecule has 0 fully saturated rings. The number of aliphatic hydroxyl groups is 1. The van der Waals surface area contributed by atoms with Crippen molar-refractivity contribution in [3.63, 3.8) is 0 Å². The van der Waals surface area contributed by atoms with Crippen LogP contribution in [0.15, 0.2) is 6.20 Å². The van der Waals surface area contributed by atoms with Crippen LogP contribution < -0.4 is 0 Å². The third-order valence-electron chi connectivity index (χ3n) is 1.79. The number of hydrogen-bond acceptors (Lipinski definition) is 6. The fraction of sp³-hybridized carbons (Fsp3) is 0.556. The van der Waals surface area contributed by atoms with Gasteiger partial charge in [-0.2, -0.15) is 0 Å². The molecule has 1 N–H and O–H groups in total. The average Bonchev–Trinajstić information content (AvgIpc) is 2.74. The Labute approximate surface area is 91.7 Å². The molecule has 1 rings (SSSR count). The van der Waals surface area contributed by atoms with E-state index in [-0.39, 0.29) is 0 Å². The van der Waals surface area contributed by atoms with Crippen molar-refractivity contribution in [1.82, 2.24) is 4.98 Å². The highest BCUT2D eigenvalue weighted by Gasteiger charge is 2.15. The van der Waals surface area contributed by atoms with Gasteiger partial charge in [-0.1, -0.05) is 0 Å². The predicted molar refractivity (Wildman–Crippen MR) is 54.9 cm³/mol. The number of hydrogen-bond donors (Lipinski definition) is 1. The van der Waals surface area contributed by atoms with E-state index < -0.39 is 12.1 Å². The van der Waals surface area contributed by atoms with Gasteiger partial charge in [0.05, 0.1) is 13.3 Å². The van der Waals surface area contributed by atoms with E-state index in [4.69, 9.17) is 4.74 Å². The Bertz CT molecular complexity index is 326. The second kappa shape index (κ2) is 5.79. The van der Waals surface area contributed by atoms with Crippen molar-refractivity contribution in [3.8, 4) is 0 Å². The second-order valence-electron chi connectivity index (χ2n) is 2.85. The van der Waals surface area contributed by atoms with Gasteiger partial charge >= 0.3 is 5.97 Å². The zero-order chi connectivity index (χ0) is 11.3. The first-order chi connectivity index (χ1) is 7.19. The van der Waals surface area contributed by atoms with Crippen LogP contribution >= 0.6 is 11.3 Å². The summed E-state index contributed by atoms with van der Waals surface area (Å²) in [6.07, 6.45) is 1.18. The lowest BCUT2D eigenvalue weighted by molar-refractivity contribution is 0.0606. The number of nitrogens with zero attached hydrogens (tertiary/aromatic N) is 1. The largest absolute Gasteiger partial charge is 0.465 e. The Morgan fingerprint density at radius 1 is 1.67 bits per heavy atom. The fourth-order valence-electron chi connectivity index (χ4n) is 0.990. The maximum Gasteiger partial charge on any atom is 0.349 e. The van der Waals surface area contributed by atoms with Crippen LogP contribution in [-0.4, -0.2) is 36.9 Å². The molecule has 0 spiro atoms. The smallest absolute Gasteiger partial charge is 0.349 e. The van der Waals surface area contributed by atoms with Crippen LogP contribution in [0.2, 0.25) is 0 Å². The van der Waals surface area contributed by atoms with Crippen LogP contribution in [0.25, 0.3) is 0 Å². The van der Waals surface area contributed by atoms with Gasteiger partial charge in [-0.15, -0.1) is 11.3 Å². The van der Waals surface area contributed by atoms with Gasteiger partial charge in [0.2, 0.25) is 0 Å². The molecule has 15 heavy (non-hydrogen) atoms. The first kappa shape index (κ1) is 12.1. The maximum atomic E-state index is 11.1. The topological polar surface area (TPSA) is 68.7 Å². The Hall–Kier alpha value is -0.980. The normalized spacial score (nSPS) is 12.5. The summed E-state index contributed by atoms with van der Waals surface area (Å²) in [4.78, 5) is 15.4. The lowest BCUT2D eigenvalue weighted by Gasteiger charge is -2.05. The van der Waals surface area contributed by atoms with Crippen molar-refractivity contribution in [3.05, 3.63) is 16.1 Å². The fourth-order valence-corrected chi connectivity index (χ4v) is 1.85. The standard InChI is InChI=1S/C9H13NO4S/c1-13-4-3-6(11)8-10-5-7(15-8)9(12)14-2/h5-6,11H,3-4H2,1-2H3. The van der Waals surface area contributed by atoms with Crippen LogP contribution in [0.4, 0.5) is 0 Å². The van der Waals surface area contributed by atoms with Crippen molar-refractivity contribution >= 4 is 17.3 Å². The van der Waals surface area contributed by atoms with Gasteiger partial charge in [0.15, 0.2) is 0 Å². The molecule has 0 radical (unpaired) electrons. The summed E-state index contributed by atoms with van der Waals surface area (Å²) in [5, 5.41) is 10.1. The number of ether oxygens (including phenoxy) is 2. The van der Waals surface area contributed by atoms with Crippen molar-refractivity contribution in [2.24, 2.45) is 0 Å². The highest BCUT2D eigenvalue weighted by molar-refractivity contribution is 7.13. The Morgan fingerprint density at radius 2 is 2.40 bits per heavy atom. The third-order valence-corrected chi connectivity index (χ3v) is 2.87. The van der Waals surface area contributed by atoms with Gasteiger partial charge in [0.1, 0.15) is 16.0 Å². The lowest BCUT2D eigenvalue weighted by Crippen LogP contribution is -2.00. The van der Waals surface area contributed by atoms with Gasteiger partial charge in [0.25, 0.3) is 0 Å². The zero-order valence-electron chi connectivity index (χ0n) is 8.60.